The summed E-state index contributed by atoms with van der Waals surface area (Å²) < 4.78 is 9.60. The van der Waals surface area contributed by atoms with Crippen molar-refractivity contribution in [2.24, 2.45) is 0 Å². The van der Waals surface area contributed by atoms with Gasteiger partial charge in [-0.1, -0.05) is 11.2 Å². The molecule has 0 N–H and O–H groups in total. The van der Waals surface area contributed by atoms with Crippen molar-refractivity contribution in [2.45, 2.75) is 0 Å². The minimum atomic E-state index is -0.488. The molecule has 0 aliphatic carbocycles. The summed E-state index contributed by atoms with van der Waals surface area (Å²) in [6.07, 6.45) is 0. The molecule has 0 aromatic carbocycles. The van der Waals surface area contributed by atoms with Gasteiger partial charge in [0.15, 0.2) is 11.5 Å². The molecule has 0 fully saturated rings. The smallest absolute Gasteiger partial charge is 0.325 e. The van der Waals surface area contributed by atoms with Gasteiger partial charge in [-0.3, -0.25) is 9.59 Å². The second-order valence-electron chi connectivity index (χ2n) is 3.79. The lowest BCUT2D eigenvalue weighted by molar-refractivity contribution is -0.141. The zero-order valence-corrected chi connectivity index (χ0v) is 11.3. The van der Waals surface area contributed by atoms with Crippen molar-refractivity contribution in [3.63, 3.8) is 0 Å². The Morgan fingerprint density at radius 2 is 2.32 bits per heavy atom. The van der Waals surface area contributed by atoms with E-state index in [4.69, 9.17) is 4.52 Å². The number of hydrogen-bond donors (Lipinski definition) is 0. The van der Waals surface area contributed by atoms with Crippen LogP contribution in [0.2, 0.25) is 0 Å². The fourth-order valence-corrected chi connectivity index (χ4v) is 2.11. The molecule has 6 nitrogen and oxygen atoms in total. The van der Waals surface area contributed by atoms with E-state index in [0.29, 0.717) is 5.76 Å². The third kappa shape index (κ3) is 3.00. The van der Waals surface area contributed by atoms with E-state index in [1.165, 1.54) is 30.4 Å². The normalized spacial score (nSPS) is 10.2. The first kappa shape index (κ1) is 13.3. The van der Waals surface area contributed by atoms with Gasteiger partial charge >= 0.3 is 5.97 Å². The van der Waals surface area contributed by atoms with Gasteiger partial charge in [-0.05, 0) is 11.4 Å². The Balaban J connectivity index is 2.10. The zero-order chi connectivity index (χ0) is 13.8. The van der Waals surface area contributed by atoms with E-state index in [-0.39, 0.29) is 12.2 Å². The van der Waals surface area contributed by atoms with Crippen LogP contribution in [0.15, 0.2) is 28.1 Å². The number of esters is 1. The van der Waals surface area contributed by atoms with Crippen LogP contribution < -0.4 is 0 Å². The minimum Gasteiger partial charge on any atom is -0.468 e. The molecule has 0 unspecified atom stereocenters. The fraction of sp³-hybridized carbons (Fsp3) is 0.250. The highest BCUT2D eigenvalue weighted by atomic mass is 32.1. The van der Waals surface area contributed by atoms with Crippen molar-refractivity contribution in [2.75, 3.05) is 20.7 Å². The molecule has 0 atom stereocenters. The number of methoxy groups -OCH3 is 1. The molecule has 0 radical (unpaired) electrons. The number of amides is 1. The van der Waals surface area contributed by atoms with Crippen LogP contribution in [-0.2, 0) is 9.53 Å². The average Bonchev–Trinajstić information content (AvgIpc) is 3.07. The van der Waals surface area contributed by atoms with Gasteiger partial charge in [-0.25, -0.2) is 0 Å². The van der Waals surface area contributed by atoms with E-state index >= 15 is 0 Å². The Bertz CT molecular complexity index is 576. The third-order valence-electron chi connectivity index (χ3n) is 2.43. The molecule has 0 aliphatic rings. The van der Waals surface area contributed by atoms with E-state index in [1.807, 2.05) is 17.5 Å². The van der Waals surface area contributed by atoms with Gasteiger partial charge in [0.25, 0.3) is 5.91 Å². The Labute approximate surface area is 113 Å². The van der Waals surface area contributed by atoms with Gasteiger partial charge in [0, 0.05) is 13.1 Å². The second kappa shape index (κ2) is 5.66. The van der Waals surface area contributed by atoms with Crippen molar-refractivity contribution in [3.8, 4) is 10.6 Å². The van der Waals surface area contributed by atoms with Crippen molar-refractivity contribution in [1.29, 1.82) is 0 Å². The zero-order valence-electron chi connectivity index (χ0n) is 10.5. The summed E-state index contributed by atoms with van der Waals surface area (Å²) >= 11 is 1.49. The Morgan fingerprint density at radius 1 is 1.53 bits per heavy atom. The van der Waals surface area contributed by atoms with Crippen LogP contribution in [0.25, 0.3) is 10.6 Å². The van der Waals surface area contributed by atoms with Gasteiger partial charge in [0.1, 0.15) is 6.54 Å². The lowest BCUT2D eigenvalue weighted by atomic mass is 10.3. The van der Waals surface area contributed by atoms with Crippen LogP contribution in [0.3, 0.4) is 0 Å². The van der Waals surface area contributed by atoms with Gasteiger partial charge in [0.2, 0.25) is 0 Å². The molecule has 2 heterocycles. The number of carbonyl (C=O) groups excluding carboxylic acids is 2. The summed E-state index contributed by atoms with van der Waals surface area (Å²) in [6, 6.07) is 5.31. The standard InChI is InChI=1S/C12H12N2O4S/c1-14(7-11(15)17-2)12(16)8-6-9(18-13-8)10-4-3-5-19-10/h3-6H,7H2,1-2H3. The van der Waals surface area contributed by atoms with Crippen LogP contribution in [0.5, 0.6) is 0 Å². The summed E-state index contributed by atoms with van der Waals surface area (Å²) in [4.78, 5) is 25.2. The number of likely N-dealkylation sites (N-methyl/N-ethyl adjacent to an activating group) is 1. The van der Waals surface area contributed by atoms with E-state index in [1.54, 1.807) is 6.07 Å². The first-order chi connectivity index (χ1) is 9.11. The number of hydrogen-bond acceptors (Lipinski definition) is 6. The summed E-state index contributed by atoms with van der Waals surface area (Å²) in [6.45, 7) is -0.128. The molecule has 7 heteroatoms. The number of nitrogens with zero attached hydrogens (tertiary/aromatic N) is 2. The van der Waals surface area contributed by atoms with E-state index in [9.17, 15) is 9.59 Å². The molecule has 2 aromatic rings. The third-order valence-corrected chi connectivity index (χ3v) is 3.32. The predicted octanol–water partition coefficient (Wildman–Crippen LogP) is 1.65. The molecule has 100 valence electrons. The Hall–Kier alpha value is -2.15. The Morgan fingerprint density at radius 3 is 2.95 bits per heavy atom. The molecule has 1 amide bonds. The number of thiophene rings is 1. The molecule has 0 saturated carbocycles. The van der Waals surface area contributed by atoms with E-state index < -0.39 is 11.9 Å². The van der Waals surface area contributed by atoms with Gasteiger partial charge in [-0.15, -0.1) is 11.3 Å². The molecule has 0 bridgehead atoms. The molecular formula is C12H12N2O4S. The predicted molar refractivity (Wildman–Crippen MR) is 68.8 cm³/mol. The quantitative estimate of drug-likeness (QED) is 0.796. The van der Waals surface area contributed by atoms with Crippen molar-refractivity contribution in [3.05, 3.63) is 29.3 Å². The fourth-order valence-electron chi connectivity index (χ4n) is 1.44. The van der Waals surface area contributed by atoms with Crippen LogP contribution in [-0.4, -0.2) is 42.6 Å². The lowest BCUT2D eigenvalue weighted by Crippen LogP contribution is -2.32. The minimum absolute atomic E-state index is 0.128. The Kier molecular flexibility index (Phi) is 3.96. The molecule has 0 saturated heterocycles. The number of carbonyl (C=O) groups is 2. The number of aromatic nitrogens is 1. The molecule has 0 spiro atoms. The van der Waals surface area contributed by atoms with Gasteiger partial charge < -0.3 is 14.2 Å². The van der Waals surface area contributed by atoms with E-state index in [0.717, 1.165) is 4.88 Å². The highest BCUT2D eigenvalue weighted by Crippen LogP contribution is 2.25. The molecule has 2 rings (SSSR count). The van der Waals surface area contributed by atoms with Gasteiger partial charge in [-0.2, -0.15) is 0 Å². The largest absolute Gasteiger partial charge is 0.468 e. The molecule has 0 aliphatic heterocycles. The lowest BCUT2D eigenvalue weighted by Gasteiger charge is -2.13. The number of rotatable bonds is 4. The van der Waals surface area contributed by atoms with Crippen LogP contribution in [0.1, 0.15) is 10.5 Å². The topological polar surface area (TPSA) is 72.6 Å². The van der Waals surface area contributed by atoms with Crippen LogP contribution in [0.4, 0.5) is 0 Å². The molecular weight excluding hydrogens is 268 g/mol. The highest BCUT2D eigenvalue weighted by molar-refractivity contribution is 7.13. The van der Waals surface area contributed by atoms with Crippen molar-refractivity contribution >= 4 is 23.2 Å². The molecule has 19 heavy (non-hydrogen) atoms. The first-order valence-corrected chi connectivity index (χ1v) is 6.32. The average molecular weight is 280 g/mol. The maximum atomic E-state index is 12.0. The monoisotopic (exact) mass is 280 g/mol. The van der Waals surface area contributed by atoms with E-state index in [2.05, 4.69) is 9.89 Å². The van der Waals surface area contributed by atoms with Crippen LogP contribution >= 0.6 is 11.3 Å². The first-order valence-electron chi connectivity index (χ1n) is 5.44. The summed E-state index contributed by atoms with van der Waals surface area (Å²) in [7, 11) is 2.77. The van der Waals surface area contributed by atoms with Crippen molar-refractivity contribution in [1.82, 2.24) is 10.1 Å². The maximum Gasteiger partial charge on any atom is 0.325 e. The SMILES string of the molecule is COC(=O)CN(C)C(=O)c1cc(-c2cccs2)on1. The number of ether oxygens (including phenoxy) is 1. The second-order valence-corrected chi connectivity index (χ2v) is 4.74. The van der Waals surface area contributed by atoms with Crippen LogP contribution in [0, 0.1) is 0 Å². The maximum absolute atomic E-state index is 12.0. The summed E-state index contributed by atoms with van der Waals surface area (Å²) in [5.74, 6) is -0.348. The summed E-state index contributed by atoms with van der Waals surface area (Å²) in [5, 5.41) is 5.62. The molecule has 2 aromatic heterocycles. The highest BCUT2D eigenvalue weighted by Gasteiger charge is 2.19. The summed E-state index contributed by atoms with van der Waals surface area (Å²) in [5.41, 5.74) is 0.162. The van der Waals surface area contributed by atoms with Gasteiger partial charge in [0.05, 0.1) is 12.0 Å². The van der Waals surface area contributed by atoms with Crippen molar-refractivity contribution < 1.29 is 18.8 Å².